The molecule has 8 nitrogen and oxygen atoms in total. The van der Waals surface area contributed by atoms with E-state index in [0.29, 0.717) is 65.6 Å². The Labute approximate surface area is 195 Å². The molecule has 3 heterocycles. The lowest BCUT2D eigenvalue weighted by Crippen LogP contribution is -2.40. The molecular formula is C24H22ClN5O3. The lowest BCUT2D eigenvalue weighted by molar-refractivity contribution is 0.0302. The van der Waals surface area contributed by atoms with Gasteiger partial charge in [0, 0.05) is 30.4 Å². The van der Waals surface area contributed by atoms with Crippen LogP contribution in [0.25, 0.3) is 22.3 Å². The van der Waals surface area contributed by atoms with E-state index in [1.165, 1.54) is 0 Å². The summed E-state index contributed by atoms with van der Waals surface area (Å²) in [6.45, 7) is 2.26. The highest BCUT2D eigenvalue weighted by molar-refractivity contribution is 6.36. The average molecular weight is 464 g/mol. The summed E-state index contributed by atoms with van der Waals surface area (Å²) in [7, 11) is 1.56. The number of anilines is 2. The monoisotopic (exact) mass is 463 g/mol. The number of nitrogens with one attached hydrogen (secondary N) is 2. The van der Waals surface area contributed by atoms with Crippen molar-refractivity contribution >= 4 is 40.2 Å². The van der Waals surface area contributed by atoms with Gasteiger partial charge < -0.3 is 24.7 Å². The van der Waals surface area contributed by atoms with Crippen molar-refractivity contribution in [3.63, 3.8) is 0 Å². The summed E-state index contributed by atoms with van der Waals surface area (Å²) in [4.78, 5) is 27.0. The van der Waals surface area contributed by atoms with Gasteiger partial charge in [0.2, 0.25) is 5.95 Å². The average Bonchev–Trinajstić information content (AvgIpc) is 3.25. The molecule has 2 aromatic carbocycles. The Bertz CT molecular complexity index is 1300. The molecule has 2 N–H and O–H groups in total. The Morgan fingerprint density at radius 2 is 1.94 bits per heavy atom. The molecule has 2 aromatic heterocycles. The van der Waals surface area contributed by atoms with Crippen LogP contribution < -0.4 is 10.1 Å². The highest BCUT2D eigenvalue weighted by Crippen LogP contribution is 2.34. The molecule has 0 spiro atoms. The predicted octanol–water partition coefficient (Wildman–Crippen LogP) is 4.50. The molecular weight excluding hydrogens is 442 g/mol. The molecule has 5 rings (SSSR count). The van der Waals surface area contributed by atoms with Gasteiger partial charge in [0.25, 0.3) is 5.91 Å². The summed E-state index contributed by atoms with van der Waals surface area (Å²) >= 11 is 6.40. The molecule has 168 valence electrons. The first-order valence-electron chi connectivity index (χ1n) is 10.6. The highest BCUT2D eigenvalue weighted by atomic mass is 35.5. The van der Waals surface area contributed by atoms with Crippen LogP contribution in [-0.4, -0.2) is 59.2 Å². The van der Waals surface area contributed by atoms with Crippen LogP contribution in [0.4, 0.5) is 11.6 Å². The van der Waals surface area contributed by atoms with Crippen molar-refractivity contribution in [2.45, 2.75) is 0 Å². The fourth-order valence-corrected chi connectivity index (χ4v) is 4.09. The summed E-state index contributed by atoms with van der Waals surface area (Å²) < 4.78 is 10.9. The zero-order chi connectivity index (χ0) is 22.8. The number of aromatic nitrogens is 3. The van der Waals surface area contributed by atoms with Gasteiger partial charge in [0.15, 0.2) is 0 Å². The molecule has 0 unspecified atom stereocenters. The van der Waals surface area contributed by atoms with Crippen molar-refractivity contribution in [1.29, 1.82) is 0 Å². The Morgan fingerprint density at radius 1 is 1.15 bits per heavy atom. The second kappa shape index (κ2) is 9.09. The maximum Gasteiger partial charge on any atom is 0.254 e. The summed E-state index contributed by atoms with van der Waals surface area (Å²) in [6.07, 6.45) is 1.70. The largest absolute Gasteiger partial charge is 0.495 e. The fraction of sp³-hybridized carbons (Fsp3) is 0.208. The molecule has 4 aromatic rings. The number of amides is 1. The van der Waals surface area contributed by atoms with Crippen LogP contribution in [0.2, 0.25) is 5.02 Å². The van der Waals surface area contributed by atoms with Gasteiger partial charge in [0.05, 0.1) is 42.1 Å². The minimum Gasteiger partial charge on any atom is -0.495 e. The van der Waals surface area contributed by atoms with Crippen molar-refractivity contribution in [3.05, 3.63) is 65.3 Å². The molecule has 0 saturated carbocycles. The number of ether oxygens (including phenoxy) is 2. The van der Waals surface area contributed by atoms with Crippen molar-refractivity contribution in [3.8, 4) is 17.0 Å². The summed E-state index contributed by atoms with van der Waals surface area (Å²) in [6, 6.07) is 15.1. The number of morpholine rings is 1. The van der Waals surface area contributed by atoms with Gasteiger partial charge in [-0.2, -0.15) is 4.98 Å². The molecule has 9 heteroatoms. The van der Waals surface area contributed by atoms with E-state index in [2.05, 4.69) is 15.3 Å². The number of methoxy groups -OCH3 is 1. The molecule has 33 heavy (non-hydrogen) atoms. The predicted molar refractivity (Wildman–Crippen MR) is 127 cm³/mol. The second-order valence-electron chi connectivity index (χ2n) is 7.57. The third-order valence-corrected chi connectivity index (χ3v) is 5.82. The van der Waals surface area contributed by atoms with Gasteiger partial charge in [-0.25, -0.2) is 4.98 Å². The van der Waals surface area contributed by atoms with Crippen LogP contribution in [0, 0.1) is 0 Å². The molecule has 0 atom stereocenters. The van der Waals surface area contributed by atoms with Crippen molar-refractivity contribution in [2.24, 2.45) is 0 Å². The minimum atomic E-state index is -0.0480. The van der Waals surface area contributed by atoms with Gasteiger partial charge in [-0.1, -0.05) is 41.9 Å². The standard InChI is InChI=1S/C24H22ClN5O3/c1-32-19-13-16(23(31)30-9-11-33-12-10-30)7-8-18(19)27-24-28-21(15-5-3-2-4-6-15)20-17(25)14-26-22(20)29-24/h2-8,13-14H,9-12H2,1H3,(H2,26,27,28,29). The summed E-state index contributed by atoms with van der Waals surface area (Å²) in [5, 5.41) is 4.54. The molecule has 1 aliphatic heterocycles. The van der Waals surface area contributed by atoms with Gasteiger partial charge in [-0.15, -0.1) is 0 Å². The first kappa shape index (κ1) is 21.2. The number of aromatic amines is 1. The maximum absolute atomic E-state index is 12.8. The number of benzene rings is 2. The van der Waals surface area contributed by atoms with Gasteiger partial charge in [-0.05, 0) is 18.2 Å². The molecule has 1 saturated heterocycles. The summed E-state index contributed by atoms with van der Waals surface area (Å²) in [5.74, 6) is 0.849. The molecule has 0 bridgehead atoms. The molecule has 0 radical (unpaired) electrons. The Morgan fingerprint density at radius 3 is 2.70 bits per heavy atom. The van der Waals surface area contributed by atoms with Crippen molar-refractivity contribution in [1.82, 2.24) is 19.9 Å². The number of carbonyl (C=O) groups is 1. The SMILES string of the molecule is COc1cc(C(=O)N2CCOCC2)ccc1Nc1nc(-c2ccccc2)c2c(Cl)c[nH]c2n1. The second-order valence-corrected chi connectivity index (χ2v) is 7.97. The topological polar surface area (TPSA) is 92.4 Å². The van der Waals surface area contributed by atoms with Gasteiger partial charge in [0.1, 0.15) is 11.4 Å². The Kier molecular flexibility index (Phi) is 5.85. The molecule has 0 aliphatic carbocycles. The van der Waals surface area contributed by atoms with E-state index in [0.717, 1.165) is 10.9 Å². The van der Waals surface area contributed by atoms with Crippen LogP contribution in [0.5, 0.6) is 5.75 Å². The smallest absolute Gasteiger partial charge is 0.254 e. The van der Waals surface area contributed by atoms with E-state index >= 15 is 0 Å². The van der Waals surface area contributed by atoms with Crippen LogP contribution in [0.3, 0.4) is 0 Å². The highest BCUT2D eigenvalue weighted by Gasteiger charge is 2.20. The maximum atomic E-state index is 12.8. The number of halogens is 1. The lowest BCUT2D eigenvalue weighted by atomic mass is 10.1. The van der Waals surface area contributed by atoms with Crippen LogP contribution in [0.15, 0.2) is 54.7 Å². The number of H-pyrrole nitrogens is 1. The van der Waals surface area contributed by atoms with Gasteiger partial charge >= 0.3 is 0 Å². The third kappa shape index (κ3) is 4.22. The number of hydrogen-bond donors (Lipinski definition) is 2. The number of hydrogen-bond acceptors (Lipinski definition) is 6. The molecule has 1 fully saturated rings. The van der Waals surface area contributed by atoms with Crippen LogP contribution in [0.1, 0.15) is 10.4 Å². The van der Waals surface area contributed by atoms with Crippen LogP contribution >= 0.6 is 11.6 Å². The van der Waals surface area contributed by atoms with E-state index in [-0.39, 0.29) is 5.91 Å². The Hall–Kier alpha value is -3.62. The molecule has 1 amide bonds. The third-order valence-electron chi connectivity index (χ3n) is 5.52. The molecule has 1 aliphatic rings. The number of nitrogens with zero attached hydrogens (tertiary/aromatic N) is 3. The Balaban J connectivity index is 1.49. The fourth-order valence-electron chi connectivity index (χ4n) is 3.85. The number of carbonyl (C=O) groups excluding carboxylic acids is 1. The zero-order valence-corrected chi connectivity index (χ0v) is 18.7. The van der Waals surface area contributed by atoms with Gasteiger partial charge in [-0.3, -0.25) is 4.79 Å². The van der Waals surface area contributed by atoms with E-state index in [9.17, 15) is 4.79 Å². The first-order chi connectivity index (χ1) is 16.1. The van der Waals surface area contributed by atoms with E-state index < -0.39 is 0 Å². The van der Waals surface area contributed by atoms with Crippen molar-refractivity contribution < 1.29 is 14.3 Å². The lowest BCUT2D eigenvalue weighted by Gasteiger charge is -2.27. The summed E-state index contributed by atoms with van der Waals surface area (Å²) in [5.41, 5.74) is 3.46. The van der Waals surface area contributed by atoms with E-state index in [1.54, 1.807) is 36.4 Å². The number of fused-ring (bicyclic) bond motifs is 1. The quantitative estimate of drug-likeness (QED) is 0.452. The minimum absolute atomic E-state index is 0.0480. The normalized spacial score (nSPS) is 13.8. The number of rotatable bonds is 5. The first-order valence-corrected chi connectivity index (χ1v) is 10.9. The van der Waals surface area contributed by atoms with Crippen molar-refractivity contribution in [2.75, 3.05) is 38.7 Å². The van der Waals surface area contributed by atoms with Crippen LogP contribution in [-0.2, 0) is 4.74 Å². The zero-order valence-electron chi connectivity index (χ0n) is 18.0. The van der Waals surface area contributed by atoms with E-state index in [4.69, 9.17) is 26.1 Å². The van der Waals surface area contributed by atoms with E-state index in [1.807, 2.05) is 30.3 Å².